The molecule has 0 fully saturated rings. The standard InChI is InChI=1S/C14H17N3O3/c15-12-3-1-4-13(9-12)20-10-14(18)19-8-2-6-17-7-5-16-11-17/h1,3-5,7,9,11H,2,6,8,10,15H2. The Morgan fingerprint density at radius 1 is 1.40 bits per heavy atom. The Bertz CT molecular complexity index is 540. The van der Waals surface area contributed by atoms with E-state index in [0.717, 1.165) is 13.0 Å². The van der Waals surface area contributed by atoms with Gasteiger partial charge in [-0.3, -0.25) is 0 Å². The van der Waals surface area contributed by atoms with E-state index in [-0.39, 0.29) is 6.61 Å². The summed E-state index contributed by atoms with van der Waals surface area (Å²) in [6.07, 6.45) is 6.04. The molecule has 2 aromatic rings. The zero-order valence-corrected chi connectivity index (χ0v) is 11.1. The number of esters is 1. The van der Waals surface area contributed by atoms with E-state index in [1.165, 1.54) is 0 Å². The van der Waals surface area contributed by atoms with Crippen LogP contribution in [0.2, 0.25) is 0 Å². The van der Waals surface area contributed by atoms with Gasteiger partial charge in [0.05, 0.1) is 12.9 Å². The first kappa shape index (κ1) is 13.9. The summed E-state index contributed by atoms with van der Waals surface area (Å²) in [4.78, 5) is 15.4. The second-order valence-corrected chi connectivity index (χ2v) is 4.24. The molecule has 0 amide bonds. The van der Waals surface area contributed by atoms with Gasteiger partial charge in [0.1, 0.15) is 5.75 Å². The third-order valence-electron chi connectivity index (χ3n) is 2.60. The van der Waals surface area contributed by atoms with Gasteiger partial charge in [0.15, 0.2) is 6.61 Å². The molecule has 0 saturated carbocycles. The summed E-state index contributed by atoms with van der Waals surface area (Å²) >= 11 is 0. The minimum Gasteiger partial charge on any atom is -0.482 e. The molecule has 6 nitrogen and oxygen atoms in total. The molecular formula is C14H17N3O3. The second kappa shape index (κ2) is 7.18. The SMILES string of the molecule is Nc1cccc(OCC(=O)OCCCn2ccnc2)c1. The molecule has 0 saturated heterocycles. The molecule has 0 radical (unpaired) electrons. The van der Waals surface area contributed by atoms with Gasteiger partial charge in [-0.05, 0) is 18.6 Å². The van der Waals surface area contributed by atoms with Crippen LogP contribution in [0.15, 0.2) is 43.0 Å². The van der Waals surface area contributed by atoms with Gasteiger partial charge in [-0.1, -0.05) is 6.07 Å². The lowest BCUT2D eigenvalue weighted by molar-refractivity contribution is -0.146. The first-order valence-corrected chi connectivity index (χ1v) is 6.34. The molecule has 0 spiro atoms. The lowest BCUT2D eigenvalue weighted by Crippen LogP contribution is -2.16. The predicted octanol–water partition coefficient (Wildman–Crippen LogP) is 1.48. The van der Waals surface area contributed by atoms with Gasteiger partial charge in [0.25, 0.3) is 0 Å². The largest absolute Gasteiger partial charge is 0.482 e. The van der Waals surface area contributed by atoms with Crippen LogP contribution in [-0.2, 0) is 16.1 Å². The molecule has 1 aromatic carbocycles. The smallest absolute Gasteiger partial charge is 0.344 e. The van der Waals surface area contributed by atoms with E-state index in [1.54, 1.807) is 36.8 Å². The molecule has 20 heavy (non-hydrogen) atoms. The number of aryl methyl sites for hydroxylation is 1. The summed E-state index contributed by atoms with van der Waals surface area (Å²) < 4.78 is 12.3. The second-order valence-electron chi connectivity index (χ2n) is 4.24. The molecule has 0 aliphatic heterocycles. The van der Waals surface area contributed by atoms with Crippen LogP contribution in [0.5, 0.6) is 5.75 Å². The summed E-state index contributed by atoms with van der Waals surface area (Å²) in [5.74, 6) is 0.165. The van der Waals surface area contributed by atoms with Crippen molar-refractivity contribution in [2.75, 3.05) is 18.9 Å². The molecule has 1 heterocycles. The number of hydrogen-bond donors (Lipinski definition) is 1. The lowest BCUT2D eigenvalue weighted by Gasteiger charge is -2.07. The number of aromatic nitrogens is 2. The minimum absolute atomic E-state index is 0.117. The van der Waals surface area contributed by atoms with E-state index in [9.17, 15) is 4.79 Å². The van der Waals surface area contributed by atoms with Crippen LogP contribution in [-0.4, -0.2) is 28.7 Å². The van der Waals surface area contributed by atoms with Crippen LogP contribution in [0, 0.1) is 0 Å². The zero-order chi connectivity index (χ0) is 14.2. The first-order chi connectivity index (χ1) is 9.74. The number of anilines is 1. The van der Waals surface area contributed by atoms with Crippen molar-refractivity contribution < 1.29 is 14.3 Å². The van der Waals surface area contributed by atoms with Crippen molar-refractivity contribution in [2.24, 2.45) is 0 Å². The van der Waals surface area contributed by atoms with Gasteiger partial charge < -0.3 is 19.8 Å². The third kappa shape index (κ3) is 4.64. The van der Waals surface area contributed by atoms with Crippen molar-refractivity contribution in [1.29, 1.82) is 0 Å². The van der Waals surface area contributed by atoms with E-state index in [1.807, 2.05) is 10.8 Å². The van der Waals surface area contributed by atoms with Crippen LogP contribution >= 0.6 is 0 Å². The van der Waals surface area contributed by atoms with Crippen molar-refractivity contribution in [3.8, 4) is 5.75 Å². The van der Waals surface area contributed by atoms with E-state index < -0.39 is 5.97 Å². The highest BCUT2D eigenvalue weighted by atomic mass is 16.6. The fourth-order valence-corrected chi connectivity index (χ4v) is 1.64. The molecule has 0 unspecified atom stereocenters. The number of hydrogen-bond acceptors (Lipinski definition) is 5. The number of nitrogen functional groups attached to an aromatic ring is 1. The van der Waals surface area contributed by atoms with Crippen molar-refractivity contribution in [3.05, 3.63) is 43.0 Å². The summed E-state index contributed by atoms with van der Waals surface area (Å²) in [5.41, 5.74) is 6.20. The van der Waals surface area contributed by atoms with Crippen LogP contribution in [0.25, 0.3) is 0 Å². The molecule has 1 aromatic heterocycles. The van der Waals surface area contributed by atoms with Crippen LogP contribution in [0.4, 0.5) is 5.69 Å². The number of benzene rings is 1. The predicted molar refractivity (Wildman–Crippen MR) is 74.2 cm³/mol. The van der Waals surface area contributed by atoms with Gasteiger partial charge >= 0.3 is 5.97 Å². The Balaban J connectivity index is 1.61. The number of imidazole rings is 1. The maximum absolute atomic E-state index is 11.5. The average molecular weight is 275 g/mol. The van der Waals surface area contributed by atoms with E-state index in [2.05, 4.69) is 4.98 Å². The average Bonchev–Trinajstić information content (AvgIpc) is 2.95. The normalized spacial score (nSPS) is 10.2. The molecule has 0 bridgehead atoms. The fourth-order valence-electron chi connectivity index (χ4n) is 1.64. The molecule has 106 valence electrons. The molecule has 6 heteroatoms. The maximum atomic E-state index is 11.5. The highest BCUT2D eigenvalue weighted by Crippen LogP contribution is 2.14. The summed E-state index contributed by atoms with van der Waals surface area (Å²) in [6, 6.07) is 6.91. The lowest BCUT2D eigenvalue weighted by atomic mass is 10.3. The fraction of sp³-hybridized carbons (Fsp3) is 0.286. The molecular weight excluding hydrogens is 258 g/mol. The Hall–Kier alpha value is -2.50. The van der Waals surface area contributed by atoms with E-state index in [0.29, 0.717) is 18.0 Å². The maximum Gasteiger partial charge on any atom is 0.344 e. The molecule has 0 atom stereocenters. The van der Waals surface area contributed by atoms with Gasteiger partial charge in [-0.2, -0.15) is 0 Å². The Morgan fingerprint density at radius 3 is 3.05 bits per heavy atom. The number of nitrogens with two attached hydrogens (primary N) is 1. The van der Waals surface area contributed by atoms with Crippen LogP contribution in [0.3, 0.4) is 0 Å². The van der Waals surface area contributed by atoms with Crippen LogP contribution < -0.4 is 10.5 Å². The number of carbonyl (C=O) groups is 1. The van der Waals surface area contributed by atoms with Crippen molar-refractivity contribution >= 4 is 11.7 Å². The van der Waals surface area contributed by atoms with Gasteiger partial charge in [-0.15, -0.1) is 0 Å². The van der Waals surface area contributed by atoms with Crippen molar-refractivity contribution in [3.63, 3.8) is 0 Å². The summed E-state index contributed by atoms with van der Waals surface area (Å²) in [7, 11) is 0. The highest BCUT2D eigenvalue weighted by Gasteiger charge is 2.04. The topological polar surface area (TPSA) is 79.4 Å². The van der Waals surface area contributed by atoms with E-state index >= 15 is 0 Å². The molecule has 2 N–H and O–H groups in total. The minimum atomic E-state index is -0.391. The summed E-state index contributed by atoms with van der Waals surface area (Å²) in [6.45, 7) is 1.01. The zero-order valence-electron chi connectivity index (χ0n) is 11.1. The van der Waals surface area contributed by atoms with Crippen molar-refractivity contribution in [2.45, 2.75) is 13.0 Å². The van der Waals surface area contributed by atoms with Crippen LogP contribution in [0.1, 0.15) is 6.42 Å². The molecule has 0 aliphatic rings. The monoisotopic (exact) mass is 275 g/mol. The highest BCUT2D eigenvalue weighted by molar-refractivity contribution is 5.71. The molecule has 0 aliphatic carbocycles. The van der Waals surface area contributed by atoms with Gasteiger partial charge in [-0.25, -0.2) is 9.78 Å². The Morgan fingerprint density at radius 2 is 2.30 bits per heavy atom. The van der Waals surface area contributed by atoms with E-state index in [4.69, 9.17) is 15.2 Å². The number of carbonyl (C=O) groups excluding carboxylic acids is 1. The Kier molecular flexibility index (Phi) is 5.00. The van der Waals surface area contributed by atoms with Crippen molar-refractivity contribution in [1.82, 2.24) is 9.55 Å². The molecule has 2 rings (SSSR count). The quantitative estimate of drug-likeness (QED) is 0.470. The first-order valence-electron chi connectivity index (χ1n) is 6.34. The summed E-state index contributed by atoms with van der Waals surface area (Å²) in [5, 5.41) is 0. The third-order valence-corrected chi connectivity index (χ3v) is 2.60. The Labute approximate surface area is 117 Å². The number of rotatable bonds is 7. The van der Waals surface area contributed by atoms with Gasteiger partial charge in [0, 0.05) is 30.7 Å². The van der Waals surface area contributed by atoms with Gasteiger partial charge in [0.2, 0.25) is 0 Å². The number of ether oxygens (including phenoxy) is 2. The number of nitrogens with zero attached hydrogens (tertiary/aromatic N) is 2.